The van der Waals surface area contributed by atoms with E-state index in [0.717, 1.165) is 0 Å². The fraction of sp³-hybridized carbons (Fsp3) is 0.667. The largest absolute Gasteiger partial charge is 0.503 e. The first kappa shape index (κ1) is 19.9. The Morgan fingerprint density at radius 1 is 0.750 bits per heavy atom. The number of hydrogen-bond acceptors (Lipinski definition) is 6. The van der Waals surface area contributed by atoms with Crippen LogP contribution in [0.2, 0.25) is 0 Å². The topological polar surface area (TPSA) is 196 Å². The molecule has 0 bridgehead atoms. The quantitative estimate of drug-likeness (QED) is 0.279. The van der Waals surface area contributed by atoms with Crippen LogP contribution in [0.25, 0.3) is 0 Å². The van der Waals surface area contributed by atoms with Crippen LogP contribution in [0.15, 0.2) is 0 Å². The predicted molar refractivity (Wildman–Crippen MR) is 47.5 cm³/mol. The molecule has 0 spiro atoms. The lowest BCUT2D eigenvalue weighted by molar-refractivity contribution is -0.0388. The first-order chi connectivity index (χ1) is 7.18. The summed E-state index contributed by atoms with van der Waals surface area (Å²) in [4.78, 5) is 17.1. The van der Waals surface area contributed by atoms with E-state index in [1.54, 1.807) is 0 Å². The van der Waals surface area contributed by atoms with Crippen LogP contribution >= 0.6 is 0 Å². The molecule has 10 nitrogen and oxygen atoms in total. The summed E-state index contributed by atoms with van der Waals surface area (Å²) in [5.74, 6) is 0. The maximum absolute atomic E-state index is 8.56. The van der Waals surface area contributed by atoms with Gasteiger partial charge in [-0.3, -0.25) is 0 Å². The zero-order chi connectivity index (χ0) is 13.7. The highest BCUT2D eigenvalue weighted by Gasteiger charge is 2.12. The normalized spacial score (nSPS) is 12.0. The molecule has 0 aliphatic heterocycles. The van der Waals surface area contributed by atoms with Gasteiger partial charge in [-0.1, -0.05) is 0 Å². The average Bonchev–Trinajstić information content (AvgIpc) is 2.13. The summed E-state index contributed by atoms with van der Waals surface area (Å²) in [5, 5.41) is 61.1. The van der Waals surface area contributed by atoms with Crippen LogP contribution in [0.4, 0.5) is 9.59 Å². The van der Waals surface area contributed by atoms with Gasteiger partial charge >= 0.3 is 12.3 Å². The smallest absolute Gasteiger partial charge is 0.450 e. The van der Waals surface area contributed by atoms with Crippen molar-refractivity contribution < 1.29 is 50.4 Å². The van der Waals surface area contributed by atoms with E-state index in [9.17, 15) is 0 Å². The summed E-state index contributed by atoms with van der Waals surface area (Å²) in [6, 6.07) is 0. The van der Waals surface area contributed by atoms with Crippen molar-refractivity contribution in [2.45, 2.75) is 12.2 Å². The van der Waals surface area contributed by atoms with Crippen molar-refractivity contribution in [2.75, 3.05) is 13.2 Å². The molecular formula is C6H14O10. The molecule has 0 radical (unpaired) electrons. The molecular weight excluding hydrogens is 232 g/mol. The SMILES string of the molecule is O=C(O)O.O=C(O)O.OCC(O)C(O)CO. The lowest BCUT2D eigenvalue weighted by Crippen LogP contribution is -2.31. The Bertz CT molecular complexity index is 152. The van der Waals surface area contributed by atoms with Crippen LogP contribution in [0.5, 0.6) is 0 Å². The highest BCUT2D eigenvalue weighted by molar-refractivity contribution is 5.53. The summed E-state index contributed by atoms with van der Waals surface area (Å²) >= 11 is 0. The van der Waals surface area contributed by atoms with Crippen LogP contribution in [0.3, 0.4) is 0 Å². The summed E-state index contributed by atoms with van der Waals surface area (Å²) in [7, 11) is 0. The lowest BCUT2D eigenvalue weighted by atomic mass is 10.2. The molecule has 0 saturated carbocycles. The van der Waals surface area contributed by atoms with E-state index in [-0.39, 0.29) is 0 Å². The highest BCUT2D eigenvalue weighted by atomic mass is 16.6. The molecule has 0 fully saturated rings. The summed E-state index contributed by atoms with van der Waals surface area (Å²) in [6.45, 7) is -1.05. The third-order valence-corrected chi connectivity index (χ3v) is 0.818. The fourth-order valence-corrected chi connectivity index (χ4v) is 0.243. The van der Waals surface area contributed by atoms with Crippen molar-refractivity contribution in [3.8, 4) is 0 Å². The van der Waals surface area contributed by atoms with Crippen molar-refractivity contribution in [2.24, 2.45) is 0 Å². The van der Waals surface area contributed by atoms with Gasteiger partial charge in [-0.15, -0.1) is 0 Å². The van der Waals surface area contributed by atoms with Crippen molar-refractivity contribution in [3.05, 3.63) is 0 Å². The molecule has 10 heteroatoms. The molecule has 0 aliphatic carbocycles. The minimum Gasteiger partial charge on any atom is -0.450 e. The van der Waals surface area contributed by atoms with E-state index in [2.05, 4.69) is 0 Å². The van der Waals surface area contributed by atoms with Crippen LogP contribution < -0.4 is 0 Å². The molecule has 2 atom stereocenters. The van der Waals surface area contributed by atoms with E-state index in [4.69, 9.17) is 50.4 Å². The summed E-state index contributed by atoms with van der Waals surface area (Å²) in [5.41, 5.74) is 0. The lowest BCUT2D eigenvalue weighted by Gasteiger charge is -2.10. The molecule has 2 unspecified atom stereocenters. The molecule has 0 aromatic carbocycles. The number of rotatable bonds is 3. The Labute approximate surface area is 89.3 Å². The van der Waals surface area contributed by atoms with Gasteiger partial charge in [-0.2, -0.15) is 0 Å². The molecule has 0 rings (SSSR count). The molecule has 0 saturated heterocycles. The molecule has 0 aliphatic rings. The van der Waals surface area contributed by atoms with Crippen LogP contribution in [-0.4, -0.2) is 78.6 Å². The minimum absolute atomic E-state index is 0.526. The zero-order valence-corrected chi connectivity index (χ0v) is 7.96. The van der Waals surface area contributed by atoms with Gasteiger partial charge in [0.2, 0.25) is 0 Å². The zero-order valence-electron chi connectivity index (χ0n) is 7.96. The van der Waals surface area contributed by atoms with Gasteiger partial charge in [0.25, 0.3) is 0 Å². The van der Waals surface area contributed by atoms with Gasteiger partial charge in [0.1, 0.15) is 12.2 Å². The summed E-state index contributed by atoms with van der Waals surface area (Å²) < 4.78 is 0. The van der Waals surface area contributed by atoms with Gasteiger partial charge in [0, 0.05) is 0 Å². The van der Waals surface area contributed by atoms with Crippen LogP contribution in [0, 0.1) is 0 Å². The van der Waals surface area contributed by atoms with E-state index in [1.165, 1.54) is 0 Å². The first-order valence-electron chi connectivity index (χ1n) is 3.60. The molecule has 8 N–H and O–H groups in total. The fourth-order valence-electron chi connectivity index (χ4n) is 0.243. The predicted octanol–water partition coefficient (Wildman–Crippen LogP) is -1.86. The van der Waals surface area contributed by atoms with E-state index in [0.29, 0.717) is 0 Å². The number of carbonyl (C=O) groups is 2. The minimum atomic E-state index is -1.83. The van der Waals surface area contributed by atoms with Crippen molar-refractivity contribution in [3.63, 3.8) is 0 Å². The Hall–Kier alpha value is -1.62. The average molecular weight is 246 g/mol. The van der Waals surface area contributed by atoms with Crippen LogP contribution in [-0.2, 0) is 0 Å². The monoisotopic (exact) mass is 246 g/mol. The molecule has 0 amide bonds. The van der Waals surface area contributed by atoms with Gasteiger partial charge in [-0.05, 0) is 0 Å². The Morgan fingerprint density at radius 2 is 0.875 bits per heavy atom. The second-order valence-corrected chi connectivity index (χ2v) is 2.06. The first-order valence-corrected chi connectivity index (χ1v) is 3.60. The Balaban J connectivity index is -0.000000179. The van der Waals surface area contributed by atoms with Gasteiger partial charge in [0.15, 0.2) is 0 Å². The number of hydrogen-bond donors (Lipinski definition) is 8. The van der Waals surface area contributed by atoms with Gasteiger partial charge in [-0.25, -0.2) is 9.59 Å². The van der Waals surface area contributed by atoms with Crippen LogP contribution in [0.1, 0.15) is 0 Å². The number of aliphatic hydroxyl groups excluding tert-OH is 4. The third kappa shape index (κ3) is 39.4. The molecule has 98 valence electrons. The highest BCUT2D eigenvalue weighted by Crippen LogP contribution is 1.88. The van der Waals surface area contributed by atoms with Crippen molar-refractivity contribution >= 4 is 12.3 Å². The number of carboxylic acid groups (broad SMARTS) is 4. The second kappa shape index (κ2) is 13.4. The number of aliphatic hydroxyl groups is 4. The second-order valence-electron chi connectivity index (χ2n) is 2.06. The van der Waals surface area contributed by atoms with Gasteiger partial charge in [0.05, 0.1) is 13.2 Å². The van der Waals surface area contributed by atoms with Gasteiger partial charge < -0.3 is 40.9 Å². The molecule has 0 aromatic rings. The molecule has 16 heavy (non-hydrogen) atoms. The van der Waals surface area contributed by atoms with E-state index < -0.39 is 37.7 Å². The molecule has 0 aromatic heterocycles. The van der Waals surface area contributed by atoms with E-state index >= 15 is 0 Å². The maximum Gasteiger partial charge on any atom is 0.503 e. The van der Waals surface area contributed by atoms with Crippen molar-refractivity contribution in [1.29, 1.82) is 0 Å². The Morgan fingerprint density at radius 3 is 0.938 bits per heavy atom. The Kier molecular flexibility index (Phi) is 16.6. The van der Waals surface area contributed by atoms with E-state index in [1.807, 2.05) is 0 Å². The summed E-state index contributed by atoms with van der Waals surface area (Å²) in [6.07, 6.45) is -6.11. The van der Waals surface area contributed by atoms with Crippen molar-refractivity contribution in [1.82, 2.24) is 0 Å². The third-order valence-electron chi connectivity index (χ3n) is 0.818. The standard InChI is InChI=1S/C4H10O4.2CH2O3/c5-1-3(7)4(8)2-6;2*2-1(3)4/h3-8H,1-2H2;2*(H2,2,3,4). The maximum atomic E-state index is 8.56. The molecule has 0 heterocycles.